The van der Waals surface area contributed by atoms with E-state index in [0.717, 1.165) is 42.7 Å². The van der Waals surface area contributed by atoms with Crippen molar-refractivity contribution in [3.8, 4) is 11.4 Å². The second kappa shape index (κ2) is 10.3. The largest absolute Gasteiger partial charge is 0.486 e. The van der Waals surface area contributed by atoms with Gasteiger partial charge in [-0.05, 0) is 73.2 Å². The SMILES string of the molecule is CCCC(Oc1ccc(-n2cc3c(n2)CCC3)cc1)c1ccc(C(=O)NCCC(=O)O)cc1. The molecule has 0 saturated carbocycles. The molecule has 1 aliphatic rings. The van der Waals surface area contributed by atoms with Gasteiger partial charge in [-0.3, -0.25) is 9.59 Å². The van der Waals surface area contributed by atoms with Crippen molar-refractivity contribution in [2.24, 2.45) is 0 Å². The Bertz CT molecular complexity index is 1080. The summed E-state index contributed by atoms with van der Waals surface area (Å²) in [5.74, 6) is -0.435. The third-order valence-corrected chi connectivity index (χ3v) is 5.84. The number of aryl methyl sites for hydroxylation is 2. The Morgan fingerprint density at radius 2 is 1.88 bits per heavy atom. The van der Waals surface area contributed by atoms with Crippen molar-refractivity contribution < 1.29 is 19.4 Å². The Morgan fingerprint density at radius 3 is 2.55 bits per heavy atom. The molecule has 7 nitrogen and oxygen atoms in total. The van der Waals surface area contributed by atoms with Gasteiger partial charge < -0.3 is 15.2 Å². The number of nitrogens with one attached hydrogen (secondary N) is 1. The van der Waals surface area contributed by atoms with E-state index in [1.165, 1.54) is 17.7 Å². The maximum atomic E-state index is 12.2. The molecular weight excluding hydrogens is 418 g/mol. The molecular formula is C26H29N3O4. The lowest BCUT2D eigenvalue weighted by molar-refractivity contribution is -0.136. The predicted octanol–water partition coefficient (Wildman–Crippen LogP) is 4.49. The summed E-state index contributed by atoms with van der Waals surface area (Å²) in [6.45, 7) is 2.22. The number of carbonyl (C=O) groups is 2. The average molecular weight is 448 g/mol. The summed E-state index contributed by atoms with van der Waals surface area (Å²) in [6.07, 6.45) is 7.06. The van der Waals surface area contributed by atoms with E-state index in [9.17, 15) is 9.59 Å². The number of amides is 1. The zero-order valence-corrected chi connectivity index (χ0v) is 18.8. The van der Waals surface area contributed by atoms with Crippen molar-refractivity contribution in [1.82, 2.24) is 15.1 Å². The zero-order valence-electron chi connectivity index (χ0n) is 18.8. The average Bonchev–Trinajstić information content (AvgIpc) is 3.42. The molecule has 0 radical (unpaired) electrons. The number of benzene rings is 2. The first-order valence-corrected chi connectivity index (χ1v) is 11.5. The second-order valence-electron chi connectivity index (χ2n) is 8.31. The standard InChI is InChI=1S/C26H29N3O4/c1-2-4-24(18-7-9-19(10-8-18)26(32)27-16-15-25(30)31)33-22-13-11-21(12-14-22)29-17-20-5-3-6-23(20)28-29/h7-14,17,24H,2-6,15-16H2,1H3,(H,27,32)(H,30,31). The summed E-state index contributed by atoms with van der Waals surface area (Å²) >= 11 is 0. The number of nitrogens with zero attached hydrogens (tertiary/aromatic N) is 2. The first kappa shape index (κ1) is 22.6. The Morgan fingerprint density at radius 1 is 1.12 bits per heavy atom. The van der Waals surface area contributed by atoms with Crippen LogP contribution in [0, 0.1) is 0 Å². The van der Waals surface area contributed by atoms with Gasteiger partial charge in [-0.25, -0.2) is 4.68 Å². The van der Waals surface area contributed by atoms with Crippen LogP contribution in [-0.2, 0) is 17.6 Å². The highest BCUT2D eigenvalue weighted by molar-refractivity contribution is 5.94. The van der Waals surface area contributed by atoms with E-state index < -0.39 is 5.97 Å². The van der Waals surface area contributed by atoms with E-state index in [2.05, 4.69) is 18.4 Å². The molecule has 1 atom stereocenters. The van der Waals surface area contributed by atoms with E-state index in [4.69, 9.17) is 14.9 Å². The van der Waals surface area contributed by atoms with Crippen LogP contribution in [0.2, 0.25) is 0 Å². The van der Waals surface area contributed by atoms with Gasteiger partial charge >= 0.3 is 5.97 Å². The Hall–Kier alpha value is -3.61. The van der Waals surface area contributed by atoms with Crippen molar-refractivity contribution >= 4 is 11.9 Å². The van der Waals surface area contributed by atoms with Gasteiger partial charge in [0.2, 0.25) is 0 Å². The maximum absolute atomic E-state index is 12.2. The lowest BCUT2D eigenvalue weighted by atomic mass is 10.0. The zero-order chi connectivity index (χ0) is 23.2. The van der Waals surface area contributed by atoms with E-state index >= 15 is 0 Å². The van der Waals surface area contributed by atoms with Crippen LogP contribution in [-0.4, -0.2) is 33.3 Å². The molecule has 2 aromatic carbocycles. The quantitative estimate of drug-likeness (QED) is 0.478. The number of carboxylic acids is 1. The highest BCUT2D eigenvalue weighted by Gasteiger charge is 2.17. The van der Waals surface area contributed by atoms with Crippen molar-refractivity contribution in [2.75, 3.05) is 6.54 Å². The third kappa shape index (κ3) is 5.61. The van der Waals surface area contributed by atoms with Gasteiger partial charge in [0.1, 0.15) is 11.9 Å². The first-order chi connectivity index (χ1) is 16.0. The number of rotatable bonds is 10. The van der Waals surface area contributed by atoms with Crippen molar-refractivity contribution in [3.05, 3.63) is 77.1 Å². The highest BCUT2D eigenvalue weighted by atomic mass is 16.5. The van der Waals surface area contributed by atoms with Crippen LogP contribution in [0.3, 0.4) is 0 Å². The van der Waals surface area contributed by atoms with E-state index in [0.29, 0.717) is 5.56 Å². The molecule has 172 valence electrons. The van der Waals surface area contributed by atoms with Gasteiger partial charge in [-0.2, -0.15) is 5.10 Å². The molecule has 0 saturated heterocycles. The van der Waals surface area contributed by atoms with Gasteiger partial charge in [-0.1, -0.05) is 25.5 Å². The Balaban J connectivity index is 1.40. The molecule has 0 spiro atoms. The summed E-state index contributed by atoms with van der Waals surface area (Å²) in [5.41, 5.74) is 5.05. The number of carbonyl (C=O) groups excluding carboxylic acids is 1. The number of ether oxygens (including phenoxy) is 1. The van der Waals surface area contributed by atoms with Crippen molar-refractivity contribution in [3.63, 3.8) is 0 Å². The van der Waals surface area contributed by atoms with E-state index in [-0.39, 0.29) is 25.0 Å². The molecule has 2 N–H and O–H groups in total. The number of aliphatic carboxylic acids is 1. The minimum absolute atomic E-state index is 0.0995. The third-order valence-electron chi connectivity index (χ3n) is 5.84. The van der Waals surface area contributed by atoms with Gasteiger partial charge in [-0.15, -0.1) is 0 Å². The molecule has 7 heteroatoms. The molecule has 0 aliphatic heterocycles. The lowest BCUT2D eigenvalue weighted by Gasteiger charge is -2.20. The lowest BCUT2D eigenvalue weighted by Crippen LogP contribution is -2.26. The Labute approximate surface area is 193 Å². The van der Waals surface area contributed by atoms with Crippen LogP contribution in [0.4, 0.5) is 0 Å². The van der Waals surface area contributed by atoms with Crippen LogP contribution in [0.5, 0.6) is 5.75 Å². The summed E-state index contributed by atoms with van der Waals surface area (Å²) in [4.78, 5) is 22.8. The Kier molecular flexibility index (Phi) is 7.07. The van der Waals surface area contributed by atoms with Crippen LogP contribution in [0.1, 0.15) is 65.9 Å². The number of aromatic nitrogens is 2. The smallest absolute Gasteiger partial charge is 0.305 e. The van der Waals surface area contributed by atoms with E-state index in [1.54, 1.807) is 12.1 Å². The van der Waals surface area contributed by atoms with Crippen LogP contribution in [0.15, 0.2) is 54.7 Å². The molecule has 3 aromatic rings. The highest BCUT2D eigenvalue weighted by Crippen LogP contribution is 2.28. The van der Waals surface area contributed by atoms with Crippen LogP contribution in [0.25, 0.3) is 5.69 Å². The molecule has 33 heavy (non-hydrogen) atoms. The molecule has 0 bridgehead atoms. The fourth-order valence-corrected chi connectivity index (χ4v) is 4.07. The summed E-state index contributed by atoms with van der Waals surface area (Å²) in [7, 11) is 0. The number of fused-ring (bicyclic) bond motifs is 1. The van der Waals surface area contributed by atoms with Gasteiger partial charge in [0.05, 0.1) is 17.8 Å². The first-order valence-electron chi connectivity index (χ1n) is 11.5. The molecule has 1 unspecified atom stereocenters. The minimum atomic E-state index is -0.938. The van der Waals surface area contributed by atoms with Gasteiger partial charge in [0, 0.05) is 18.3 Å². The summed E-state index contributed by atoms with van der Waals surface area (Å²) < 4.78 is 8.23. The summed E-state index contributed by atoms with van der Waals surface area (Å²) in [6, 6.07) is 15.3. The normalized spacial score (nSPS) is 13.4. The minimum Gasteiger partial charge on any atom is -0.486 e. The monoisotopic (exact) mass is 447 g/mol. The summed E-state index contributed by atoms with van der Waals surface area (Å²) in [5, 5.41) is 16.0. The van der Waals surface area contributed by atoms with Crippen molar-refractivity contribution in [2.45, 2.75) is 51.6 Å². The van der Waals surface area contributed by atoms with E-state index in [1.807, 2.05) is 41.1 Å². The second-order valence-corrected chi connectivity index (χ2v) is 8.31. The van der Waals surface area contributed by atoms with Crippen molar-refractivity contribution in [1.29, 1.82) is 0 Å². The molecule has 1 aliphatic carbocycles. The number of hydrogen-bond acceptors (Lipinski definition) is 4. The predicted molar refractivity (Wildman–Crippen MR) is 125 cm³/mol. The molecule has 1 heterocycles. The maximum Gasteiger partial charge on any atom is 0.305 e. The molecule has 4 rings (SSSR count). The fourth-order valence-electron chi connectivity index (χ4n) is 4.07. The molecule has 1 amide bonds. The topological polar surface area (TPSA) is 93.5 Å². The fraction of sp³-hybridized carbons (Fsp3) is 0.346. The van der Waals surface area contributed by atoms with Gasteiger partial charge in [0.25, 0.3) is 5.91 Å². The molecule has 1 aromatic heterocycles. The van der Waals surface area contributed by atoms with Crippen LogP contribution < -0.4 is 10.1 Å². The number of carboxylic acid groups (broad SMARTS) is 1. The van der Waals surface area contributed by atoms with Crippen LogP contribution >= 0.6 is 0 Å². The van der Waals surface area contributed by atoms with Gasteiger partial charge in [0.15, 0.2) is 0 Å². The number of hydrogen-bond donors (Lipinski definition) is 2. The molecule has 0 fully saturated rings.